The van der Waals surface area contributed by atoms with E-state index in [1.807, 2.05) is 0 Å². The summed E-state index contributed by atoms with van der Waals surface area (Å²) in [7, 11) is 0. The minimum Gasteiger partial charge on any atom is -0.507 e. The molecule has 0 aliphatic rings. The number of phenolic OH excluding ortho intramolecular Hbond substituents is 1. The van der Waals surface area contributed by atoms with Crippen LogP contribution in [0.3, 0.4) is 0 Å². The van der Waals surface area contributed by atoms with E-state index in [1.165, 1.54) is 6.20 Å². The topological polar surface area (TPSA) is 88.3 Å². The van der Waals surface area contributed by atoms with Crippen molar-refractivity contribution in [1.29, 1.82) is 0 Å². The number of carbonyl (C=O) groups is 1. The highest BCUT2D eigenvalue weighted by Gasteiger charge is 2.17. The molecule has 134 valence electrons. The molecule has 7 heteroatoms. The highest BCUT2D eigenvalue weighted by atomic mass is 35.5. The average Bonchev–Trinajstić information content (AvgIpc) is 3.08. The Morgan fingerprint density at radius 1 is 1.22 bits per heavy atom. The molecule has 2 heterocycles. The van der Waals surface area contributed by atoms with Gasteiger partial charge in [-0.2, -0.15) is 0 Å². The number of nitrogens with one attached hydrogen (secondary N) is 1. The van der Waals surface area contributed by atoms with Gasteiger partial charge in [0.1, 0.15) is 11.3 Å². The van der Waals surface area contributed by atoms with E-state index in [1.54, 1.807) is 55.6 Å². The van der Waals surface area contributed by atoms with Gasteiger partial charge in [-0.05, 0) is 55.0 Å². The largest absolute Gasteiger partial charge is 0.507 e. The maximum Gasteiger partial charge on any atom is 0.257 e. The lowest BCUT2D eigenvalue weighted by Gasteiger charge is -2.10. The summed E-state index contributed by atoms with van der Waals surface area (Å²) in [5.41, 5.74) is 3.03. The molecule has 4 aromatic rings. The summed E-state index contributed by atoms with van der Waals surface area (Å²) >= 11 is 5.99. The zero-order valence-electron chi connectivity index (χ0n) is 14.2. The molecule has 1 amide bonds. The third kappa shape index (κ3) is 3.35. The first-order valence-electron chi connectivity index (χ1n) is 8.13. The number of nitrogens with zero attached hydrogens (tertiary/aromatic N) is 2. The molecule has 4 rings (SSSR count). The maximum atomic E-state index is 12.4. The molecular weight excluding hydrogens is 366 g/mol. The lowest BCUT2D eigenvalue weighted by atomic mass is 10.1. The van der Waals surface area contributed by atoms with Crippen molar-refractivity contribution in [2.24, 2.45) is 0 Å². The van der Waals surface area contributed by atoms with Crippen LogP contribution in [0.1, 0.15) is 15.9 Å². The fraction of sp³-hybridized carbons (Fsp3) is 0.0500. The number of carbonyl (C=O) groups excluding carboxylic acids is 1. The molecule has 0 radical (unpaired) electrons. The van der Waals surface area contributed by atoms with E-state index >= 15 is 0 Å². The number of aromatic nitrogens is 2. The molecule has 0 fully saturated rings. The van der Waals surface area contributed by atoms with E-state index in [9.17, 15) is 9.90 Å². The zero-order chi connectivity index (χ0) is 19.0. The summed E-state index contributed by atoms with van der Waals surface area (Å²) in [6.45, 7) is 1.73. The third-order valence-corrected chi connectivity index (χ3v) is 4.30. The van der Waals surface area contributed by atoms with Gasteiger partial charge in [-0.25, -0.2) is 4.98 Å². The van der Waals surface area contributed by atoms with E-state index in [-0.39, 0.29) is 17.5 Å². The van der Waals surface area contributed by atoms with E-state index in [0.29, 0.717) is 38.5 Å². The second kappa shape index (κ2) is 6.74. The first-order chi connectivity index (χ1) is 13.0. The van der Waals surface area contributed by atoms with Crippen LogP contribution >= 0.6 is 11.6 Å². The number of oxazole rings is 1. The number of hydrogen-bond donors (Lipinski definition) is 2. The van der Waals surface area contributed by atoms with Crippen LogP contribution in [0, 0.1) is 6.92 Å². The number of amides is 1. The molecule has 0 aliphatic heterocycles. The second-order valence-electron chi connectivity index (χ2n) is 6.02. The van der Waals surface area contributed by atoms with Crippen LogP contribution in [0.15, 0.2) is 59.3 Å². The number of hydrogen-bond acceptors (Lipinski definition) is 5. The zero-order valence-corrected chi connectivity index (χ0v) is 15.0. The lowest BCUT2D eigenvalue weighted by Crippen LogP contribution is -2.12. The smallest absolute Gasteiger partial charge is 0.257 e. The van der Waals surface area contributed by atoms with E-state index in [0.717, 1.165) is 0 Å². The monoisotopic (exact) mass is 379 g/mol. The molecular formula is C20H14ClN3O3. The number of phenols is 1. The predicted octanol–water partition coefficient (Wildman–Crippen LogP) is 4.81. The molecule has 0 saturated heterocycles. The molecule has 0 spiro atoms. The number of rotatable bonds is 3. The van der Waals surface area contributed by atoms with E-state index in [2.05, 4.69) is 15.3 Å². The Balaban J connectivity index is 1.73. The number of benzene rings is 2. The number of aromatic hydroxyl groups is 1. The molecule has 2 aromatic carbocycles. The molecule has 0 saturated carbocycles. The van der Waals surface area contributed by atoms with Crippen LogP contribution in [-0.4, -0.2) is 21.0 Å². The third-order valence-electron chi connectivity index (χ3n) is 4.06. The van der Waals surface area contributed by atoms with Crippen molar-refractivity contribution in [3.05, 3.63) is 71.0 Å². The summed E-state index contributed by atoms with van der Waals surface area (Å²) in [6, 6.07) is 11.7. The van der Waals surface area contributed by atoms with Gasteiger partial charge in [-0.3, -0.25) is 9.78 Å². The first kappa shape index (κ1) is 17.1. The maximum absolute atomic E-state index is 12.4. The molecule has 2 aromatic heterocycles. The van der Waals surface area contributed by atoms with Gasteiger partial charge in [-0.15, -0.1) is 0 Å². The number of anilines is 1. The van der Waals surface area contributed by atoms with Gasteiger partial charge in [0.25, 0.3) is 5.91 Å². The van der Waals surface area contributed by atoms with Crippen LogP contribution in [-0.2, 0) is 0 Å². The molecule has 6 nitrogen and oxygen atoms in total. The molecule has 2 N–H and O–H groups in total. The van der Waals surface area contributed by atoms with Crippen molar-refractivity contribution in [3.8, 4) is 17.2 Å². The van der Waals surface area contributed by atoms with Gasteiger partial charge < -0.3 is 14.8 Å². The van der Waals surface area contributed by atoms with Crippen molar-refractivity contribution in [2.75, 3.05) is 5.32 Å². The summed E-state index contributed by atoms with van der Waals surface area (Å²) in [5.74, 6) is -0.0270. The number of pyridine rings is 1. The van der Waals surface area contributed by atoms with Crippen molar-refractivity contribution < 1.29 is 14.3 Å². The van der Waals surface area contributed by atoms with Crippen molar-refractivity contribution in [1.82, 2.24) is 9.97 Å². The van der Waals surface area contributed by atoms with Crippen LogP contribution < -0.4 is 5.32 Å². The van der Waals surface area contributed by atoms with Crippen LogP contribution in [0.25, 0.3) is 22.6 Å². The highest BCUT2D eigenvalue weighted by molar-refractivity contribution is 6.31. The van der Waals surface area contributed by atoms with Gasteiger partial charge in [-0.1, -0.05) is 11.6 Å². The standard InChI is InChI=1S/C20H14ClN3O3/c1-11-7-14(23-19(26)12-3-2-6-22-10-12)9-15(18(11)25)20-24-16-8-13(21)4-5-17(16)27-20/h2-10,25H,1H3,(H,23,26). The van der Waals surface area contributed by atoms with Gasteiger partial charge >= 0.3 is 0 Å². The summed E-state index contributed by atoms with van der Waals surface area (Å²) < 4.78 is 5.74. The highest BCUT2D eigenvalue weighted by Crippen LogP contribution is 2.36. The van der Waals surface area contributed by atoms with Crippen LogP contribution in [0.4, 0.5) is 5.69 Å². The predicted molar refractivity (Wildman–Crippen MR) is 103 cm³/mol. The quantitative estimate of drug-likeness (QED) is 0.499. The van der Waals surface area contributed by atoms with Gasteiger partial charge in [0.05, 0.1) is 11.1 Å². The molecule has 27 heavy (non-hydrogen) atoms. The molecule has 0 unspecified atom stereocenters. The Kier molecular flexibility index (Phi) is 4.25. The first-order valence-corrected chi connectivity index (χ1v) is 8.50. The molecule has 0 aliphatic carbocycles. The summed E-state index contributed by atoms with van der Waals surface area (Å²) in [6.07, 6.45) is 3.08. The summed E-state index contributed by atoms with van der Waals surface area (Å²) in [5, 5.41) is 13.8. The number of fused-ring (bicyclic) bond motifs is 1. The molecule has 0 atom stereocenters. The lowest BCUT2D eigenvalue weighted by molar-refractivity contribution is 0.102. The SMILES string of the molecule is Cc1cc(NC(=O)c2cccnc2)cc(-c2nc3cc(Cl)ccc3o2)c1O. The van der Waals surface area contributed by atoms with Crippen molar-refractivity contribution in [3.63, 3.8) is 0 Å². The average molecular weight is 380 g/mol. The van der Waals surface area contributed by atoms with Crippen molar-refractivity contribution >= 4 is 34.3 Å². The Labute approximate surface area is 159 Å². The second-order valence-corrected chi connectivity index (χ2v) is 6.45. The fourth-order valence-corrected chi connectivity index (χ4v) is 2.90. The number of halogens is 1. The Bertz CT molecular complexity index is 1160. The summed E-state index contributed by atoms with van der Waals surface area (Å²) in [4.78, 5) is 20.7. The van der Waals surface area contributed by atoms with Crippen LogP contribution in [0.5, 0.6) is 5.75 Å². The van der Waals surface area contributed by atoms with Crippen molar-refractivity contribution in [2.45, 2.75) is 6.92 Å². The van der Waals surface area contributed by atoms with Crippen LogP contribution in [0.2, 0.25) is 5.02 Å². The molecule has 0 bridgehead atoms. The fourth-order valence-electron chi connectivity index (χ4n) is 2.73. The van der Waals surface area contributed by atoms with Gasteiger partial charge in [0.15, 0.2) is 5.58 Å². The van der Waals surface area contributed by atoms with E-state index in [4.69, 9.17) is 16.0 Å². The normalized spacial score (nSPS) is 10.9. The minimum absolute atomic E-state index is 0.0343. The number of aryl methyl sites for hydroxylation is 1. The Morgan fingerprint density at radius 2 is 2.07 bits per heavy atom. The Morgan fingerprint density at radius 3 is 2.85 bits per heavy atom. The van der Waals surface area contributed by atoms with Gasteiger partial charge in [0, 0.05) is 23.1 Å². The minimum atomic E-state index is -0.302. The van der Waals surface area contributed by atoms with Gasteiger partial charge in [0.2, 0.25) is 5.89 Å². The Hall–Kier alpha value is -3.38. The van der Waals surface area contributed by atoms with E-state index < -0.39 is 0 Å².